The number of thioether (sulfide) groups is 1. The normalized spacial score (nSPS) is 14.5. The minimum Gasteiger partial charge on any atom is -0.406 e. The van der Waals surface area contributed by atoms with E-state index in [1.807, 2.05) is 20.8 Å². The molecule has 0 saturated carbocycles. The van der Waals surface area contributed by atoms with Gasteiger partial charge in [-0.25, -0.2) is 14.5 Å². The Morgan fingerprint density at radius 2 is 1.77 bits per heavy atom. The molecule has 1 N–H and O–H groups in total. The predicted molar refractivity (Wildman–Crippen MR) is 163 cm³/mol. The number of anilines is 1. The van der Waals surface area contributed by atoms with Crippen molar-refractivity contribution in [3.05, 3.63) is 95.4 Å². The monoisotopic (exact) mass is 617 g/mol. The van der Waals surface area contributed by atoms with Crippen molar-refractivity contribution in [3.8, 4) is 28.9 Å². The van der Waals surface area contributed by atoms with Crippen molar-refractivity contribution in [1.82, 2.24) is 20.1 Å². The maximum absolute atomic E-state index is 12.7. The minimum atomic E-state index is -4.77. The predicted octanol–water partition coefficient (Wildman–Crippen LogP) is 6.94. The zero-order valence-corrected chi connectivity index (χ0v) is 24.7. The molecule has 4 aromatic rings. The van der Waals surface area contributed by atoms with Crippen molar-refractivity contribution < 1.29 is 22.7 Å². The van der Waals surface area contributed by atoms with Crippen LogP contribution in [0.15, 0.2) is 78.2 Å². The quantitative estimate of drug-likeness (QED) is 0.234. The Labute approximate surface area is 255 Å². The van der Waals surface area contributed by atoms with Crippen LogP contribution in [0.4, 0.5) is 23.7 Å². The summed E-state index contributed by atoms with van der Waals surface area (Å²) in [5.41, 5.74) is 6.38. The maximum atomic E-state index is 12.7. The summed E-state index contributed by atoms with van der Waals surface area (Å²) in [6.07, 6.45) is -2.01. The molecule has 1 aromatic heterocycles. The van der Waals surface area contributed by atoms with Crippen LogP contribution in [-0.4, -0.2) is 44.6 Å². The molecule has 1 aliphatic heterocycles. The Hall–Kier alpha value is -5.09. The third-order valence-electron chi connectivity index (χ3n) is 6.62. The molecule has 0 spiro atoms. The van der Waals surface area contributed by atoms with E-state index >= 15 is 0 Å². The molecule has 5 rings (SSSR count). The molecule has 1 saturated heterocycles. The van der Waals surface area contributed by atoms with Crippen LogP contribution >= 0.6 is 11.8 Å². The van der Waals surface area contributed by atoms with Crippen LogP contribution in [0, 0.1) is 32.1 Å². The van der Waals surface area contributed by atoms with E-state index in [1.54, 1.807) is 24.3 Å². The van der Waals surface area contributed by atoms with Crippen molar-refractivity contribution in [3.63, 3.8) is 0 Å². The number of amides is 2. The van der Waals surface area contributed by atoms with Crippen molar-refractivity contribution in [2.75, 3.05) is 17.2 Å². The van der Waals surface area contributed by atoms with Crippen LogP contribution in [0.2, 0.25) is 0 Å². The standard InChI is InChI=1S/C31H26F3N7O2S/c1-19-14-20(2)27(21(3)15-19)40-12-13-44-30(40)38-29(42)36-17-24(16-35)22-4-6-23(7-5-22)28-37-18-41(39-28)25-8-10-26(11-9-25)43-31(32,33)34/h4-11,14-15,17-18H,12-13H2,1-3H3,(H,36,42)/b24-17+,38-30-. The zero-order valence-electron chi connectivity index (χ0n) is 23.9. The molecule has 44 heavy (non-hydrogen) atoms. The van der Waals surface area contributed by atoms with Crippen LogP contribution in [-0.2, 0) is 0 Å². The summed E-state index contributed by atoms with van der Waals surface area (Å²) in [6, 6.07) is 17.8. The largest absolute Gasteiger partial charge is 0.573 e. The number of allylic oxidation sites excluding steroid dienone is 1. The van der Waals surface area contributed by atoms with Gasteiger partial charge in [0.2, 0.25) is 0 Å². The van der Waals surface area contributed by atoms with Crippen molar-refractivity contribution in [2.45, 2.75) is 27.1 Å². The maximum Gasteiger partial charge on any atom is 0.573 e. The Morgan fingerprint density at radius 1 is 1.09 bits per heavy atom. The molecular weight excluding hydrogens is 591 g/mol. The van der Waals surface area contributed by atoms with Crippen LogP contribution < -0.4 is 15.0 Å². The van der Waals surface area contributed by atoms with E-state index in [4.69, 9.17) is 0 Å². The number of amidine groups is 1. The smallest absolute Gasteiger partial charge is 0.406 e. The van der Waals surface area contributed by atoms with Gasteiger partial charge in [0.05, 0.1) is 11.3 Å². The summed E-state index contributed by atoms with van der Waals surface area (Å²) in [5, 5.41) is 17.3. The SMILES string of the molecule is Cc1cc(C)c(N2CCS/C2=N\C(=O)N/C=C(\C#N)c2ccc(-c3ncn(-c4ccc(OC(F)(F)F)cc4)n3)cc2)c(C)c1. The number of alkyl halides is 3. The number of carbonyl (C=O) groups is 1. The molecule has 1 fully saturated rings. The molecule has 2 heterocycles. The Morgan fingerprint density at radius 3 is 2.41 bits per heavy atom. The van der Waals surface area contributed by atoms with E-state index in [1.165, 1.54) is 58.8 Å². The van der Waals surface area contributed by atoms with Crippen LogP contribution in [0.3, 0.4) is 0 Å². The van der Waals surface area contributed by atoms with Crippen molar-refractivity contribution in [1.29, 1.82) is 5.26 Å². The summed E-state index contributed by atoms with van der Waals surface area (Å²) >= 11 is 1.50. The highest BCUT2D eigenvalue weighted by Crippen LogP contribution is 2.32. The summed E-state index contributed by atoms with van der Waals surface area (Å²) in [7, 11) is 0. The molecule has 3 aromatic carbocycles. The number of nitrogens with zero attached hydrogens (tertiary/aromatic N) is 6. The number of ether oxygens (including phenoxy) is 1. The molecule has 9 nitrogen and oxygen atoms in total. The van der Waals surface area contributed by atoms with Gasteiger partial charge in [0.25, 0.3) is 0 Å². The second kappa shape index (κ2) is 12.6. The average molecular weight is 618 g/mol. The number of hydrogen-bond donors (Lipinski definition) is 1. The minimum absolute atomic E-state index is 0.228. The fourth-order valence-electron chi connectivity index (χ4n) is 4.85. The van der Waals surface area contributed by atoms with Gasteiger partial charge in [-0.15, -0.1) is 18.3 Å². The zero-order chi connectivity index (χ0) is 31.4. The highest BCUT2D eigenvalue weighted by molar-refractivity contribution is 8.14. The number of aryl methyl sites for hydroxylation is 3. The van der Waals surface area contributed by atoms with Gasteiger partial charge < -0.3 is 15.0 Å². The Bertz CT molecular complexity index is 1770. The van der Waals surface area contributed by atoms with E-state index in [-0.39, 0.29) is 11.3 Å². The molecule has 0 radical (unpaired) electrons. The molecule has 2 amide bonds. The lowest BCUT2D eigenvalue weighted by atomic mass is 10.0. The fourth-order valence-corrected chi connectivity index (χ4v) is 5.79. The number of rotatable bonds is 6. The van der Waals surface area contributed by atoms with Gasteiger partial charge in [-0.1, -0.05) is 53.7 Å². The summed E-state index contributed by atoms with van der Waals surface area (Å²) in [5.74, 6) is 0.839. The van der Waals surface area contributed by atoms with Gasteiger partial charge in [-0.2, -0.15) is 10.3 Å². The molecule has 1 aliphatic rings. The van der Waals surface area contributed by atoms with Gasteiger partial charge in [-0.3, -0.25) is 0 Å². The number of nitriles is 1. The summed E-state index contributed by atoms with van der Waals surface area (Å²) in [6.45, 7) is 6.88. The lowest BCUT2D eigenvalue weighted by molar-refractivity contribution is -0.274. The first-order valence-electron chi connectivity index (χ1n) is 13.4. The van der Waals surface area contributed by atoms with Gasteiger partial charge in [0.15, 0.2) is 11.0 Å². The average Bonchev–Trinajstić information content (AvgIpc) is 3.63. The van der Waals surface area contributed by atoms with Crippen LogP contribution in [0.25, 0.3) is 22.6 Å². The van der Waals surface area contributed by atoms with Crippen molar-refractivity contribution in [2.24, 2.45) is 4.99 Å². The number of aliphatic imine (C=N–C) groups is 1. The number of halogens is 3. The number of benzene rings is 3. The first-order valence-corrected chi connectivity index (χ1v) is 14.4. The second-order valence-electron chi connectivity index (χ2n) is 9.89. The second-order valence-corrected chi connectivity index (χ2v) is 11.0. The molecular formula is C31H26F3N7O2S. The summed E-state index contributed by atoms with van der Waals surface area (Å²) in [4.78, 5) is 23.3. The van der Waals surface area contributed by atoms with Gasteiger partial charge >= 0.3 is 12.4 Å². The first kappa shape index (κ1) is 30.4. The molecule has 224 valence electrons. The van der Waals surface area contributed by atoms with Crippen LogP contribution in [0.1, 0.15) is 22.3 Å². The van der Waals surface area contributed by atoms with Gasteiger partial charge in [0, 0.05) is 29.7 Å². The van der Waals surface area contributed by atoms with E-state index in [0.717, 1.165) is 29.1 Å². The third-order valence-corrected chi connectivity index (χ3v) is 7.58. The molecule has 0 unspecified atom stereocenters. The molecule has 13 heteroatoms. The number of carbonyl (C=O) groups excluding carboxylic acids is 1. The summed E-state index contributed by atoms with van der Waals surface area (Å²) < 4.78 is 42.5. The fraction of sp³-hybridized carbons (Fsp3) is 0.194. The molecule has 0 atom stereocenters. The number of nitrogens with one attached hydrogen (secondary N) is 1. The lowest BCUT2D eigenvalue weighted by Gasteiger charge is -2.23. The van der Waals surface area contributed by atoms with Crippen molar-refractivity contribution >= 4 is 34.2 Å². The third kappa shape index (κ3) is 7.09. The van der Waals surface area contributed by atoms with E-state index in [0.29, 0.717) is 27.8 Å². The van der Waals surface area contributed by atoms with Gasteiger partial charge in [0.1, 0.15) is 18.1 Å². The Kier molecular flexibility index (Phi) is 8.73. The highest BCUT2D eigenvalue weighted by Gasteiger charge is 2.31. The van der Waals surface area contributed by atoms with Gasteiger partial charge in [-0.05, 0) is 61.7 Å². The highest BCUT2D eigenvalue weighted by atomic mass is 32.2. The lowest BCUT2D eigenvalue weighted by Crippen LogP contribution is -2.27. The number of urea groups is 1. The van der Waals surface area contributed by atoms with E-state index in [9.17, 15) is 23.2 Å². The molecule has 0 aliphatic carbocycles. The van der Waals surface area contributed by atoms with E-state index in [2.05, 4.69) is 48.2 Å². The van der Waals surface area contributed by atoms with Crippen LogP contribution in [0.5, 0.6) is 5.75 Å². The molecule has 0 bridgehead atoms. The van der Waals surface area contributed by atoms with E-state index < -0.39 is 12.4 Å². The number of hydrogen-bond acceptors (Lipinski definition) is 6. The Balaban J connectivity index is 1.26. The first-order chi connectivity index (χ1) is 21.0. The topological polar surface area (TPSA) is 108 Å². The number of aromatic nitrogens is 3.